The van der Waals surface area contributed by atoms with Crippen LogP contribution in [0.25, 0.3) is 11.1 Å². The molecule has 0 unspecified atom stereocenters. The molecule has 0 spiro atoms. The van der Waals surface area contributed by atoms with Crippen molar-refractivity contribution in [1.82, 2.24) is 9.78 Å². The molecule has 23 heavy (non-hydrogen) atoms. The first-order valence-corrected chi connectivity index (χ1v) is 7.35. The highest BCUT2D eigenvalue weighted by Crippen LogP contribution is 2.30. The zero-order chi connectivity index (χ0) is 15.2. The molecule has 0 saturated carbocycles. The molecular formula is C18H20ClN3O. The zero-order valence-electron chi connectivity index (χ0n) is 12.8. The van der Waals surface area contributed by atoms with Gasteiger partial charge in [-0.1, -0.05) is 48.5 Å². The number of hydrogen-bond donors (Lipinski definition) is 1. The van der Waals surface area contributed by atoms with E-state index in [0.717, 1.165) is 22.4 Å². The summed E-state index contributed by atoms with van der Waals surface area (Å²) in [5, 5.41) is 4.32. The van der Waals surface area contributed by atoms with Gasteiger partial charge in [-0.15, -0.1) is 12.4 Å². The highest BCUT2D eigenvalue weighted by molar-refractivity contribution is 5.85. The van der Waals surface area contributed by atoms with Gasteiger partial charge in [0, 0.05) is 23.9 Å². The maximum atomic E-state index is 5.99. The summed E-state index contributed by atoms with van der Waals surface area (Å²) in [5.74, 6) is 0.860. The Labute approximate surface area is 142 Å². The van der Waals surface area contributed by atoms with E-state index >= 15 is 0 Å². The minimum atomic E-state index is 0. The Bertz CT molecular complexity index is 728. The standard InChI is InChI=1S/C18H19N3O.ClH/c19-10-11-21-13-16(12-20-21)17-8-4-5-9-18(17)22-14-15-6-2-1-3-7-15;/h1-9,12-13H,10-11,14,19H2;1H. The normalized spacial score (nSPS) is 10.1. The highest BCUT2D eigenvalue weighted by Gasteiger charge is 2.08. The Morgan fingerprint density at radius 1 is 1.00 bits per heavy atom. The summed E-state index contributed by atoms with van der Waals surface area (Å²) in [7, 11) is 0. The first kappa shape index (κ1) is 17.1. The van der Waals surface area contributed by atoms with Crippen molar-refractivity contribution in [2.24, 2.45) is 5.73 Å². The maximum absolute atomic E-state index is 5.99. The van der Waals surface area contributed by atoms with E-state index in [0.29, 0.717) is 19.7 Å². The van der Waals surface area contributed by atoms with Gasteiger partial charge in [0.2, 0.25) is 0 Å². The zero-order valence-corrected chi connectivity index (χ0v) is 13.6. The number of rotatable bonds is 6. The van der Waals surface area contributed by atoms with Crippen molar-refractivity contribution in [3.8, 4) is 16.9 Å². The van der Waals surface area contributed by atoms with Gasteiger partial charge in [-0.3, -0.25) is 4.68 Å². The van der Waals surface area contributed by atoms with Crippen LogP contribution in [0.4, 0.5) is 0 Å². The van der Waals surface area contributed by atoms with Gasteiger partial charge in [0.15, 0.2) is 0 Å². The number of nitrogens with two attached hydrogens (primary N) is 1. The number of aromatic nitrogens is 2. The van der Waals surface area contributed by atoms with Crippen molar-refractivity contribution in [1.29, 1.82) is 0 Å². The summed E-state index contributed by atoms with van der Waals surface area (Å²) >= 11 is 0. The predicted octanol–water partition coefficient (Wildman–Crippen LogP) is 3.51. The molecule has 0 bridgehead atoms. The Hall–Kier alpha value is -2.30. The molecule has 2 aromatic carbocycles. The molecule has 0 radical (unpaired) electrons. The summed E-state index contributed by atoms with van der Waals surface area (Å²) in [6.07, 6.45) is 3.85. The van der Waals surface area contributed by atoms with E-state index in [2.05, 4.69) is 17.2 Å². The molecule has 120 valence electrons. The maximum Gasteiger partial charge on any atom is 0.127 e. The fraction of sp³-hybridized carbons (Fsp3) is 0.167. The van der Waals surface area contributed by atoms with Crippen molar-refractivity contribution in [2.75, 3.05) is 6.54 Å². The molecular weight excluding hydrogens is 310 g/mol. The number of ether oxygens (including phenoxy) is 1. The molecule has 0 aliphatic heterocycles. The minimum absolute atomic E-state index is 0. The second kappa shape index (κ2) is 8.36. The first-order chi connectivity index (χ1) is 10.9. The average Bonchev–Trinajstić information content (AvgIpc) is 3.03. The lowest BCUT2D eigenvalue weighted by Gasteiger charge is -2.10. The molecule has 0 fully saturated rings. The number of hydrogen-bond acceptors (Lipinski definition) is 3. The van der Waals surface area contributed by atoms with Crippen LogP contribution < -0.4 is 10.5 Å². The van der Waals surface area contributed by atoms with Gasteiger partial charge >= 0.3 is 0 Å². The van der Waals surface area contributed by atoms with Gasteiger partial charge in [0.25, 0.3) is 0 Å². The predicted molar refractivity (Wildman–Crippen MR) is 94.7 cm³/mol. The van der Waals surface area contributed by atoms with E-state index in [-0.39, 0.29) is 12.4 Å². The molecule has 0 amide bonds. The smallest absolute Gasteiger partial charge is 0.127 e. The Kier molecular flexibility index (Phi) is 6.20. The molecule has 3 aromatic rings. The van der Waals surface area contributed by atoms with Crippen LogP contribution in [0.2, 0.25) is 0 Å². The molecule has 4 nitrogen and oxygen atoms in total. The summed E-state index contributed by atoms with van der Waals surface area (Å²) in [4.78, 5) is 0. The highest BCUT2D eigenvalue weighted by atomic mass is 35.5. The van der Waals surface area contributed by atoms with Crippen molar-refractivity contribution >= 4 is 12.4 Å². The third-order valence-electron chi connectivity index (χ3n) is 3.43. The molecule has 5 heteroatoms. The van der Waals surface area contributed by atoms with Crippen molar-refractivity contribution in [3.05, 3.63) is 72.6 Å². The SMILES string of the molecule is Cl.NCCn1cc(-c2ccccc2OCc2ccccc2)cn1. The second-order valence-electron chi connectivity index (χ2n) is 5.05. The van der Waals surface area contributed by atoms with Crippen LogP contribution in [0.5, 0.6) is 5.75 Å². The number of para-hydroxylation sites is 1. The molecule has 0 aliphatic carbocycles. The van der Waals surface area contributed by atoms with E-state index in [1.807, 2.05) is 59.5 Å². The molecule has 1 heterocycles. The Morgan fingerprint density at radius 2 is 1.74 bits per heavy atom. The summed E-state index contributed by atoms with van der Waals surface area (Å²) in [6.45, 7) is 1.84. The number of benzene rings is 2. The van der Waals surface area contributed by atoms with E-state index < -0.39 is 0 Å². The number of nitrogens with zero attached hydrogens (tertiary/aromatic N) is 2. The largest absolute Gasteiger partial charge is 0.488 e. The lowest BCUT2D eigenvalue weighted by atomic mass is 10.1. The van der Waals surface area contributed by atoms with Crippen LogP contribution in [-0.4, -0.2) is 16.3 Å². The Balaban J connectivity index is 0.00000192. The van der Waals surface area contributed by atoms with Gasteiger partial charge in [-0.05, 0) is 11.6 Å². The monoisotopic (exact) mass is 329 g/mol. The van der Waals surface area contributed by atoms with Gasteiger partial charge < -0.3 is 10.5 Å². The van der Waals surface area contributed by atoms with Crippen molar-refractivity contribution < 1.29 is 4.74 Å². The van der Waals surface area contributed by atoms with Crippen LogP contribution in [-0.2, 0) is 13.2 Å². The molecule has 0 atom stereocenters. The second-order valence-corrected chi connectivity index (χ2v) is 5.05. The average molecular weight is 330 g/mol. The third-order valence-corrected chi connectivity index (χ3v) is 3.43. The first-order valence-electron chi connectivity index (χ1n) is 7.35. The fourth-order valence-corrected chi connectivity index (χ4v) is 2.32. The lowest BCUT2D eigenvalue weighted by Crippen LogP contribution is -2.09. The van der Waals surface area contributed by atoms with E-state index in [1.54, 1.807) is 0 Å². The van der Waals surface area contributed by atoms with Gasteiger partial charge in [-0.2, -0.15) is 5.10 Å². The summed E-state index contributed by atoms with van der Waals surface area (Å²) in [5.41, 5.74) is 8.80. The topological polar surface area (TPSA) is 53.1 Å². The van der Waals surface area contributed by atoms with Crippen LogP contribution in [0.15, 0.2) is 67.0 Å². The quantitative estimate of drug-likeness (QED) is 0.753. The van der Waals surface area contributed by atoms with Crippen LogP contribution in [0, 0.1) is 0 Å². The van der Waals surface area contributed by atoms with Crippen LogP contribution >= 0.6 is 12.4 Å². The van der Waals surface area contributed by atoms with Crippen molar-refractivity contribution in [2.45, 2.75) is 13.2 Å². The lowest BCUT2D eigenvalue weighted by molar-refractivity contribution is 0.307. The van der Waals surface area contributed by atoms with Gasteiger partial charge in [0.1, 0.15) is 12.4 Å². The van der Waals surface area contributed by atoms with Gasteiger partial charge in [0.05, 0.1) is 12.7 Å². The third kappa shape index (κ3) is 4.34. The van der Waals surface area contributed by atoms with Crippen LogP contribution in [0.3, 0.4) is 0 Å². The molecule has 1 aromatic heterocycles. The molecule has 2 N–H and O–H groups in total. The number of halogens is 1. The van der Waals surface area contributed by atoms with E-state index in [9.17, 15) is 0 Å². The molecule has 0 aliphatic rings. The van der Waals surface area contributed by atoms with E-state index in [1.165, 1.54) is 0 Å². The minimum Gasteiger partial charge on any atom is -0.488 e. The fourth-order valence-electron chi connectivity index (χ4n) is 2.32. The Morgan fingerprint density at radius 3 is 2.52 bits per heavy atom. The van der Waals surface area contributed by atoms with E-state index in [4.69, 9.17) is 10.5 Å². The van der Waals surface area contributed by atoms with Crippen LogP contribution in [0.1, 0.15) is 5.56 Å². The summed E-state index contributed by atoms with van der Waals surface area (Å²) < 4.78 is 7.84. The molecule has 3 rings (SSSR count). The van der Waals surface area contributed by atoms with Gasteiger partial charge in [-0.25, -0.2) is 0 Å². The van der Waals surface area contributed by atoms with Crippen molar-refractivity contribution in [3.63, 3.8) is 0 Å². The summed E-state index contributed by atoms with van der Waals surface area (Å²) in [6, 6.07) is 18.2. The molecule has 0 saturated heterocycles.